The van der Waals surface area contributed by atoms with Crippen molar-refractivity contribution in [3.63, 3.8) is 0 Å². The first-order valence-electron chi connectivity index (χ1n) is 7.78. The molecule has 0 aliphatic carbocycles. The van der Waals surface area contributed by atoms with Crippen LogP contribution in [0.4, 0.5) is 11.4 Å². The summed E-state index contributed by atoms with van der Waals surface area (Å²) in [6, 6.07) is 16.6. The summed E-state index contributed by atoms with van der Waals surface area (Å²) in [5.74, 6) is -0.422. The number of ether oxygens (including phenoxy) is 1. The molecule has 0 fully saturated rings. The van der Waals surface area contributed by atoms with E-state index < -0.39 is 0 Å². The molecule has 0 radical (unpaired) electrons. The number of amides is 1. The third kappa shape index (κ3) is 3.46. The van der Waals surface area contributed by atoms with Crippen molar-refractivity contribution in [3.8, 4) is 0 Å². The third-order valence-corrected chi connectivity index (χ3v) is 3.64. The van der Waals surface area contributed by atoms with Crippen LogP contribution in [0.3, 0.4) is 0 Å². The minimum atomic E-state index is -0.358. The van der Waals surface area contributed by atoms with Crippen LogP contribution < -0.4 is 10.2 Å². The molecule has 0 aromatic heterocycles. The normalized spacial score (nSPS) is 13.6. The fourth-order valence-electron chi connectivity index (χ4n) is 2.55. The van der Waals surface area contributed by atoms with E-state index in [0.717, 1.165) is 17.1 Å². The number of para-hydroxylation sites is 1. The van der Waals surface area contributed by atoms with Crippen LogP contribution >= 0.6 is 0 Å². The Balaban J connectivity index is 1.71. The molecule has 1 N–H and O–H groups in total. The van der Waals surface area contributed by atoms with E-state index in [1.54, 1.807) is 36.1 Å². The largest absolute Gasteiger partial charge is 0.462 e. The number of benzene rings is 2. The van der Waals surface area contributed by atoms with Gasteiger partial charge in [-0.1, -0.05) is 24.3 Å². The molecule has 2 aromatic carbocycles. The Labute approximate surface area is 140 Å². The number of nitrogens with zero attached hydrogens (tertiary/aromatic N) is 1. The maximum Gasteiger partial charge on any atom is 0.338 e. The molecule has 5 nitrogen and oxygen atoms in total. The highest BCUT2D eigenvalue weighted by Crippen LogP contribution is 2.22. The van der Waals surface area contributed by atoms with Crippen LogP contribution in [0.1, 0.15) is 17.3 Å². The van der Waals surface area contributed by atoms with Crippen molar-refractivity contribution in [2.45, 2.75) is 6.92 Å². The predicted octanol–water partition coefficient (Wildman–Crippen LogP) is 3.21. The van der Waals surface area contributed by atoms with Crippen molar-refractivity contribution in [2.75, 3.05) is 23.4 Å². The van der Waals surface area contributed by atoms with E-state index >= 15 is 0 Å². The number of carbonyl (C=O) groups excluding carboxylic acids is 2. The summed E-state index contributed by atoms with van der Waals surface area (Å²) < 4.78 is 5.00. The number of hydrogen-bond acceptors (Lipinski definition) is 4. The van der Waals surface area contributed by atoms with E-state index in [1.807, 2.05) is 36.4 Å². The van der Waals surface area contributed by atoms with E-state index in [0.29, 0.717) is 18.7 Å². The van der Waals surface area contributed by atoms with Gasteiger partial charge in [-0.2, -0.15) is 0 Å². The van der Waals surface area contributed by atoms with Gasteiger partial charge < -0.3 is 15.0 Å². The van der Waals surface area contributed by atoms with Crippen molar-refractivity contribution in [1.82, 2.24) is 0 Å². The molecule has 24 heavy (non-hydrogen) atoms. The van der Waals surface area contributed by atoms with Gasteiger partial charge in [0.25, 0.3) is 5.91 Å². The van der Waals surface area contributed by atoms with E-state index in [1.165, 1.54) is 0 Å². The molecule has 0 saturated carbocycles. The van der Waals surface area contributed by atoms with Gasteiger partial charge in [0.05, 0.1) is 18.7 Å². The molecule has 1 heterocycles. The minimum Gasteiger partial charge on any atom is -0.462 e. The maximum absolute atomic E-state index is 12.2. The standard InChI is InChI=1S/C19H18N2O3/c1-2-24-19(23)14-7-6-8-15(11-14)20-16-12-18(22)21(13-16)17-9-4-3-5-10-17/h3-12,20H,2,13H2,1H3. The number of esters is 1. The summed E-state index contributed by atoms with van der Waals surface area (Å²) in [6.45, 7) is 2.57. The van der Waals surface area contributed by atoms with Crippen molar-refractivity contribution in [2.24, 2.45) is 0 Å². The molecule has 0 atom stereocenters. The van der Waals surface area contributed by atoms with Gasteiger partial charge in [-0.3, -0.25) is 4.79 Å². The van der Waals surface area contributed by atoms with Crippen molar-refractivity contribution >= 4 is 23.3 Å². The maximum atomic E-state index is 12.2. The minimum absolute atomic E-state index is 0.0646. The van der Waals surface area contributed by atoms with Crippen LogP contribution in [0.2, 0.25) is 0 Å². The Morgan fingerprint density at radius 1 is 1.17 bits per heavy atom. The van der Waals surface area contributed by atoms with E-state index in [9.17, 15) is 9.59 Å². The van der Waals surface area contributed by atoms with Crippen LogP contribution in [0.25, 0.3) is 0 Å². The summed E-state index contributed by atoms with van der Waals surface area (Å²) in [5.41, 5.74) is 2.86. The number of hydrogen-bond donors (Lipinski definition) is 1. The molecule has 1 amide bonds. The molecule has 1 aliphatic rings. The van der Waals surface area contributed by atoms with Gasteiger partial charge in [-0.15, -0.1) is 0 Å². The second kappa shape index (κ2) is 7.00. The van der Waals surface area contributed by atoms with Gasteiger partial charge in [-0.05, 0) is 37.3 Å². The predicted molar refractivity (Wildman–Crippen MR) is 92.9 cm³/mol. The van der Waals surface area contributed by atoms with Crippen molar-refractivity contribution in [1.29, 1.82) is 0 Å². The van der Waals surface area contributed by atoms with Gasteiger partial charge in [0.15, 0.2) is 0 Å². The summed E-state index contributed by atoms with van der Waals surface area (Å²) in [4.78, 5) is 25.7. The third-order valence-electron chi connectivity index (χ3n) is 3.64. The second-order valence-electron chi connectivity index (χ2n) is 5.36. The molecular weight excluding hydrogens is 304 g/mol. The fourth-order valence-corrected chi connectivity index (χ4v) is 2.55. The van der Waals surface area contributed by atoms with Gasteiger partial charge in [0.1, 0.15) is 0 Å². The van der Waals surface area contributed by atoms with Crippen LogP contribution in [0.5, 0.6) is 0 Å². The molecule has 1 aliphatic heterocycles. The molecule has 122 valence electrons. The number of rotatable bonds is 5. The molecular formula is C19H18N2O3. The summed E-state index contributed by atoms with van der Waals surface area (Å²) >= 11 is 0. The highest BCUT2D eigenvalue weighted by Gasteiger charge is 2.22. The topological polar surface area (TPSA) is 58.6 Å². The number of anilines is 2. The van der Waals surface area contributed by atoms with Crippen molar-refractivity contribution < 1.29 is 14.3 Å². The smallest absolute Gasteiger partial charge is 0.338 e. The first-order chi connectivity index (χ1) is 11.7. The Morgan fingerprint density at radius 2 is 1.96 bits per heavy atom. The van der Waals surface area contributed by atoms with E-state index in [-0.39, 0.29) is 11.9 Å². The highest BCUT2D eigenvalue weighted by molar-refractivity contribution is 6.05. The lowest BCUT2D eigenvalue weighted by Crippen LogP contribution is -2.25. The van der Waals surface area contributed by atoms with Crippen LogP contribution in [-0.2, 0) is 9.53 Å². The van der Waals surface area contributed by atoms with Crippen LogP contribution in [0.15, 0.2) is 66.4 Å². The summed E-state index contributed by atoms with van der Waals surface area (Å²) in [6.07, 6.45) is 1.57. The average Bonchev–Trinajstić information content (AvgIpc) is 2.96. The quantitative estimate of drug-likeness (QED) is 0.859. The molecule has 0 saturated heterocycles. The molecule has 0 spiro atoms. The molecule has 2 aromatic rings. The Kier molecular flexibility index (Phi) is 4.61. The van der Waals surface area contributed by atoms with Crippen LogP contribution in [0, 0.1) is 0 Å². The molecule has 0 unspecified atom stereocenters. The zero-order chi connectivity index (χ0) is 16.9. The van der Waals surface area contributed by atoms with E-state index in [2.05, 4.69) is 5.32 Å². The van der Waals surface area contributed by atoms with Gasteiger partial charge in [0.2, 0.25) is 0 Å². The lowest BCUT2D eigenvalue weighted by molar-refractivity contribution is -0.113. The molecule has 3 rings (SSSR count). The fraction of sp³-hybridized carbons (Fsp3) is 0.158. The monoisotopic (exact) mass is 322 g/mol. The number of carbonyl (C=O) groups is 2. The second-order valence-corrected chi connectivity index (χ2v) is 5.36. The number of nitrogens with one attached hydrogen (secondary N) is 1. The highest BCUT2D eigenvalue weighted by atomic mass is 16.5. The Morgan fingerprint density at radius 3 is 2.71 bits per heavy atom. The van der Waals surface area contributed by atoms with Crippen LogP contribution in [-0.4, -0.2) is 25.0 Å². The van der Waals surface area contributed by atoms with Gasteiger partial charge >= 0.3 is 5.97 Å². The Hall–Kier alpha value is -3.08. The zero-order valence-corrected chi connectivity index (χ0v) is 13.4. The summed E-state index contributed by atoms with van der Waals surface area (Å²) in [7, 11) is 0. The SMILES string of the molecule is CCOC(=O)c1cccc(NC2=CC(=O)N(c3ccccc3)C2)c1. The van der Waals surface area contributed by atoms with Gasteiger partial charge in [0, 0.05) is 23.1 Å². The first-order valence-corrected chi connectivity index (χ1v) is 7.78. The van der Waals surface area contributed by atoms with Crippen molar-refractivity contribution in [3.05, 3.63) is 71.9 Å². The first kappa shape index (κ1) is 15.8. The Bertz CT molecular complexity index is 784. The lowest BCUT2D eigenvalue weighted by atomic mass is 10.2. The average molecular weight is 322 g/mol. The summed E-state index contributed by atoms with van der Waals surface area (Å²) in [5, 5.41) is 3.20. The lowest BCUT2D eigenvalue weighted by Gasteiger charge is -2.17. The zero-order valence-electron chi connectivity index (χ0n) is 13.4. The van der Waals surface area contributed by atoms with E-state index in [4.69, 9.17) is 4.74 Å². The molecule has 0 bridgehead atoms. The molecule has 5 heteroatoms. The van der Waals surface area contributed by atoms with Gasteiger partial charge in [-0.25, -0.2) is 4.79 Å².